The van der Waals surface area contributed by atoms with Crippen LogP contribution in [0.25, 0.3) is 10.9 Å². The number of aliphatic hydroxyl groups is 1. The predicted molar refractivity (Wildman–Crippen MR) is 78.9 cm³/mol. The minimum Gasteiger partial charge on any atom is -0.506 e. The Labute approximate surface area is 117 Å². The second-order valence-corrected chi connectivity index (χ2v) is 4.80. The summed E-state index contributed by atoms with van der Waals surface area (Å²) in [5.41, 5.74) is 0.778. The van der Waals surface area contributed by atoms with Gasteiger partial charge in [0.25, 0.3) is 0 Å². The van der Waals surface area contributed by atoms with Gasteiger partial charge in [0.1, 0.15) is 5.75 Å². The van der Waals surface area contributed by atoms with Crippen LogP contribution < -0.4 is 10.9 Å². The molecule has 108 valence electrons. The standard InChI is InChI=1S/C15H20N2O3/c1-3-11(16-4-2)15(20)10-5-7-12(18)14-9(10)6-8-13(19)17-14/h5-8,11,15-16,18,20H,3-4H2,1-2H3,(H,17,19)/t11-,15+/m1/s1. The van der Waals surface area contributed by atoms with Crippen molar-refractivity contribution in [2.75, 3.05) is 6.54 Å². The van der Waals surface area contributed by atoms with Crippen molar-refractivity contribution in [1.82, 2.24) is 10.3 Å². The topological polar surface area (TPSA) is 85.3 Å². The van der Waals surface area contributed by atoms with Crippen LogP contribution in [0.4, 0.5) is 0 Å². The Hall–Kier alpha value is -1.85. The van der Waals surface area contributed by atoms with E-state index in [1.807, 2.05) is 13.8 Å². The monoisotopic (exact) mass is 276 g/mol. The van der Waals surface area contributed by atoms with E-state index in [9.17, 15) is 15.0 Å². The Balaban J connectivity index is 2.54. The molecule has 5 heteroatoms. The third kappa shape index (κ3) is 2.69. The average molecular weight is 276 g/mol. The molecule has 0 bridgehead atoms. The highest BCUT2D eigenvalue weighted by Crippen LogP contribution is 2.30. The minimum atomic E-state index is -0.700. The molecular formula is C15H20N2O3. The normalized spacial score (nSPS) is 14.3. The smallest absolute Gasteiger partial charge is 0.248 e. The second-order valence-electron chi connectivity index (χ2n) is 4.80. The molecule has 0 aliphatic rings. The van der Waals surface area contributed by atoms with Crippen LogP contribution in [-0.4, -0.2) is 27.8 Å². The van der Waals surface area contributed by atoms with Gasteiger partial charge >= 0.3 is 0 Å². The van der Waals surface area contributed by atoms with Crippen molar-refractivity contribution in [2.45, 2.75) is 32.4 Å². The highest BCUT2D eigenvalue weighted by Gasteiger charge is 2.21. The van der Waals surface area contributed by atoms with Crippen molar-refractivity contribution in [1.29, 1.82) is 0 Å². The van der Waals surface area contributed by atoms with E-state index in [1.165, 1.54) is 12.1 Å². The summed E-state index contributed by atoms with van der Waals surface area (Å²) < 4.78 is 0. The number of aliphatic hydroxyl groups excluding tert-OH is 1. The number of aromatic amines is 1. The van der Waals surface area contributed by atoms with E-state index >= 15 is 0 Å². The Morgan fingerprint density at radius 3 is 2.65 bits per heavy atom. The van der Waals surface area contributed by atoms with Gasteiger partial charge in [0.05, 0.1) is 11.6 Å². The highest BCUT2D eigenvalue weighted by molar-refractivity contribution is 5.87. The van der Waals surface area contributed by atoms with Gasteiger partial charge in [-0.15, -0.1) is 0 Å². The van der Waals surface area contributed by atoms with Crippen LogP contribution in [0.2, 0.25) is 0 Å². The lowest BCUT2D eigenvalue weighted by Crippen LogP contribution is -2.34. The zero-order valence-corrected chi connectivity index (χ0v) is 11.7. The third-order valence-corrected chi connectivity index (χ3v) is 3.51. The van der Waals surface area contributed by atoms with Crippen LogP contribution in [0.5, 0.6) is 5.75 Å². The molecule has 0 fully saturated rings. The van der Waals surface area contributed by atoms with Gasteiger partial charge in [-0.1, -0.05) is 19.9 Å². The molecule has 1 heterocycles. The molecule has 20 heavy (non-hydrogen) atoms. The highest BCUT2D eigenvalue weighted by atomic mass is 16.3. The van der Waals surface area contributed by atoms with Crippen molar-refractivity contribution in [2.24, 2.45) is 0 Å². The van der Waals surface area contributed by atoms with Crippen molar-refractivity contribution in [3.8, 4) is 5.75 Å². The zero-order valence-electron chi connectivity index (χ0n) is 11.7. The summed E-state index contributed by atoms with van der Waals surface area (Å²) in [7, 11) is 0. The number of likely N-dealkylation sites (N-methyl/N-ethyl adjacent to an activating group) is 1. The molecule has 0 saturated carbocycles. The van der Waals surface area contributed by atoms with Gasteiger partial charge in [0.15, 0.2) is 0 Å². The SMILES string of the molecule is CCN[C@H](CC)[C@@H](O)c1ccc(O)c2[nH]c(=O)ccc12. The van der Waals surface area contributed by atoms with Gasteiger partial charge in [-0.05, 0) is 30.7 Å². The molecule has 2 aromatic rings. The quantitative estimate of drug-likeness (QED) is 0.669. The third-order valence-electron chi connectivity index (χ3n) is 3.51. The van der Waals surface area contributed by atoms with Gasteiger partial charge in [0.2, 0.25) is 5.56 Å². The van der Waals surface area contributed by atoms with Gasteiger partial charge in [-0.25, -0.2) is 0 Å². The molecule has 1 aromatic heterocycles. The summed E-state index contributed by atoms with van der Waals surface area (Å²) in [6.07, 6.45) is 0.0785. The first-order valence-corrected chi connectivity index (χ1v) is 6.84. The molecule has 1 aromatic carbocycles. The molecule has 0 aliphatic heterocycles. The molecule has 4 N–H and O–H groups in total. The van der Waals surface area contributed by atoms with Crippen molar-refractivity contribution in [3.05, 3.63) is 40.2 Å². The number of pyridine rings is 1. The fraction of sp³-hybridized carbons (Fsp3) is 0.400. The number of phenols is 1. The van der Waals surface area contributed by atoms with Crippen LogP contribution in [0.15, 0.2) is 29.1 Å². The Morgan fingerprint density at radius 2 is 2.00 bits per heavy atom. The maximum atomic E-state index is 11.4. The molecule has 0 amide bonds. The summed E-state index contributed by atoms with van der Waals surface area (Å²) in [6.45, 7) is 4.76. The predicted octanol–water partition coefficient (Wildman–Crippen LogP) is 1.66. The van der Waals surface area contributed by atoms with E-state index in [4.69, 9.17) is 0 Å². The van der Waals surface area contributed by atoms with Crippen LogP contribution in [0, 0.1) is 0 Å². The Kier molecular flexibility index (Phi) is 4.42. The maximum absolute atomic E-state index is 11.4. The van der Waals surface area contributed by atoms with Crippen molar-refractivity contribution in [3.63, 3.8) is 0 Å². The first-order chi connectivity index (χ1) is 9.58. The number of rotatable bonds is 5. The van der Waals surface area contributed by atoms with E-state index in [2.05, 4.69) is 10.3 Å². The van der Waals surface area contributed by atoms with Gasteiger partial charge in [-0.2, -0.15) is 0 Å². The number of H-pyrrole nitrogens is 1. The fourth-order valence-electron chi connectivity index (χ4n) is 2.48. The maximum Gasteiger partial charge on any atom is 0.248 e. The molecule has 0 aliphatic carbocycles. The van der Waals surface area contributed by atoms with Crippen LogP contribution in [-0.2, 0) is 0 Å². The molecular weight excluding hydrogens is 256 g/mol. The van der Waals surface area contributed by atoms with E-state index < -0.39 is 6.10 Å². The second kappa shape index (κ2) is 6.07. The first-order valence-electron chi connectivity index (χ1n) is 6.84. The minimum absolute atomic E-state index is 0.00477. The summed E-state index contributed by atoms with van der Waals surface area (Å²) in [6, 6.07) is 6.15. The van der Waals surface area contributed by atoms with Crippen LogP contribution in [0.1, 0.15) is 31.9 Å². The van der Waals surface area contributed by atoms with Crippen molar-refractivity contribution >= 4 is 10.9 Å². The number of hydrogen-bond donors (Lipinski definition) is 4. The van der Waals surface area contributed by atoms with Crippen LogP contribution >= 0.6 is 0 Å². The number of benzene rings is 1. The molecule has 0 radical (unpaired) electrons. The van der Waals surface area contributed by atoms with Crippen LogP contribution in [0.3, 0.4) is 0 Å². The average Bonchev–Trinajstić information content (AvgIpc) is 2.45. The molecule has 0 spiro atoms. The van der Waals surface area contributed by atoms with Crippen molar-refractivity contribution < 1.29 is 10.2 Å². The molecule has 2 atom stereocenters. The Morgan fingerprint density at radius 1 is 1.25 bits per heavy atom. The number of hydrogen-bond acceptors (Lipinski definition) is 4. The summed E-state index contributed by atoms with van der Waals surface area (Å²) in [4.78, 5) is 14.0. The number of aromatic nitrogens is 1. The fourth-order valence-corrected chi connectivity index (χ4v) is 2.48. The number of nitrogens with one attached hydrogen (secondary N) is 2. The van der Waals surface area contributed by atoms with Gasteiger partial charge in [-0.3, -0.25) is 4.79 Å². The molecule has 0 saturated heterocycles. The lowest BCUT2D eigenvalue weighted by Gasteiger charge is -2.24. The number of phenolic OH excluding ortho intramolecular Hbond substituents is 1. The molecule has 0 unspecified atom stereocenters. The lowest BCUT2D eigenvalue weighted by atomic mass is 9.96. The molecule has 2 rings (SSSR count). The van der Waals surface area contributed by atoms with E-state index in [0.717, 1.165) is 13.0 Å². The largest absolute Gasteiger partial charge is 0.506 e. The van der Waals surface area contributed by atoms with E-state index in [0.29, 0.717) is 16.5 Å². The molecule has 5 nitrogen and oxygen atoms in total. The summed E-state index contributed by atoms with van der Waals surface area (Å²) in [5, 5.41) is 24.3. The lowest BCUT2D eigenvalue weighted by molar-refractivity contribution is 0.128. The van der Waals surface area contributed by atoms with E-state index in [-0.39, 0.29) is 17.4 Å². The number of fused-ring (bicyclic) bond motifs is 1. The van der Waals surface area contributed by atoms with Gasteiger partial charge in [0, 0.05) is 17.5 Å². The number of aromatic hydroxyl groups is 1. The summed E-state index contributed by atoms with van der Waals surface area (Å²) in [5.74, 6) is 0.00477. The summed E-state index contributed by atoms with van der Waals surface area (Å²) >= 11 is 0. The van der Waals surface area contributed by atoms with E-state index in [1.54, 1.807) is 12.1 Å². The first kappa shape index (κ1) is 14.6. The Bertz CT molecular complexity index is 651. The van der Waals surface area contributed by atoms with Gasteiger partial charge < -0.3 is 20.5 Å². The zero-order chi connectivity index (χ0) is 14.7.